The van der Waals surface area contributed by atoms with Crippen molar-refractivity contribution in [2.24, 2.45) is 0 Å². The van der Waals surface area contributed by atoms with Crippen LogP contribution in [0.1, 0.15) is 76.7 Å². The van der Waals surface area contributed by atoms with Crippen LogP contribution in [0.15, 0.2) is 77.7 Å². The first-order valence-corrected chi connectivity index (χ1v) is 18.0. The summed E-state index contributed by atoms with van der Waals surface area (Å²) in [5.41, 5.74) is 3.98. The number of carbonyl (C=O) groups is 3. The van der Waals surface area contributed by atoms with Crippen molar-refractivity contribution in [1.82, 2.24) is 25.0 Å². The van der Waals surface area contributed by atoms with Crippen molar-refractivity contribution < 1.29 is 33.0 Å². The van der Waals surface area contributed by atoms with Gasteiger partial charge in [-0.2, -0.15) is 0 Å². The highest BCUT2D eigenvalue weighted by atomic mass is 32.2. The normalized spacial score (nSPS) is 12.8. The van der Waals surface area contributed by atoms with Crippen LogP contribution < -0.4 is 10.7 Å². The van der Waals surface area contributed by atoms with Crippen LogP contribution in [0.2, 0.25) is 0 Å². The summed E-state index contributed by atoms with van der Waals surface area (Å²) in [4.78, 5) is 41.9. The molecule has 0 aromatic heterocycles. The number of aliphatic hydroxyl groups is 1. The molecule has 0 aliphatic rings. The Labute approximate surface area is 289 Å². The van der Waals surface area contributed by atoms with Gasteiger partial charge in [-0.15, -0.1) is 0 Å². The van der Waals surface area contributed by atoms with Crippen LogP contribution in [0.3, 0.4) is 0 Å². The Morgan fingerprint density at radius 1 is 0.776 bits per heavy atom. The molecule has 3 aromatic carbocycles. The molecular weight excluding hydrogens is 646 g/mol. The fourth-order valence-electron chi connectivity index (χ4n) is 5.29. The number of sulfonamides is 1. The average Bonchev–Trinajstić information content (AvgIpc) is 3.08. The zero-order chi connectivity index (χ0) is 36.1. The van der Waals surface area contributed by atoms with Crippen LogP contribution in [-0.4, -0.2) is 103 Å². The summed E-state index contributed by atoms with van der Waals surface area (Å²) in [6.07, 6.45) is 0.995. The van der Waals surface area contributed by atoms with Gasteiger partial charge in [0, 0.05) is 57.0 Å². The van der Waals surface area contributed by atoms with E-state index < -0.39 is 34.0 Å². The molecule has 266 valence electrons. The molecule has 2 atom stereocenters. The number of hydrazine groups is 1. The van der Waals surface area contributed by atoms with Crippen LogP contribution in [0.4, 0.5) is 0 Å². The topological polar surface area (TPSA) is 160 Å². The zero-order valence-corrected chi connectivity index (χ0v) is 29.7. The molecule has 0 bridgehead atoms. The fourth-order valence-corrected chi connectivity index (χ4v) is 6.26. The van der Waals surface area contributed by atoms with E-state index in [1.165, 1.54) is 44.4 Å². The van der Waals surface area contributed by atoms with Gasteiger partial charge in [0.25, 0.3) is 17.7 Å². The number of amides is 3. The van der Waals surface area contributed by atoms with Gasteiger partial charge < -0.3 is 20.4 Å². The maximum Gasteiger partial charge on any atom is 0.265 e. The molecule has 0 fully saturated rings. The third-order valence-electron chi connectivity index (χ3n) is 7.84. The van der Waals surface area contributed by atoms with Gasteiger partial charge in [-0.3, -0.25) is 19.8 Å². The van der Waals surface area contributed by atoms with Gasteiger partial charge in [-0.05, 0) is 73.7 Å². The number of aromatic hydroxyl groups is 1. The van der Waals surface area contributed by atoms with E-state index in [2.05, 4.69) is 10.7 Å². The van der Waals surface area contributed by atoms with Crippen molar-refractivity contribution in [3.05, 3.63) is 95.1 Å². The third kappa shape index (κ3) is 11.1. The van der Waals surface area contributed by atoms with Crippen LogP contribution in [0.5, 0.6) is 5.75 Å². The molecule has 12 nitrogen and oxygen atoms in total. The molecular formula is C36H49N5O7S. The lowest BCUT2D eigenvalue weighted by atomic mass is 9.99. The third-order valence-corrected chi connectivity index (χ3v) is 9.63. The number of hydrogen-bond donors (Lipinski definition) is 4. The number of phenols is 1. The minimum absolute atomic E-state index is 0.0444. The van der Waals surface area contributed by atoms with E-state index in [0.29, 0.717) is 50.0 Å². The van der Waals surface area contributed by atoms with E-state index in [0.717, 1.165) is 4.31 Å². The molecule has 3 amide bonds. The van der Waals surface area contributed by atoms with Crippen LogP contribution in [-0.2, 0) is 16.4 Å². The van der Waals surface area contributed by atoms with E-state index in [-0.39, 0.29) is 40.6 Å². The molecule has 4 N–H and O–H groups in total. The van der Waals surface area contributed by atoms with Gasteiger partial charge in [0.15, 0.2) is 0 Å². The maximum atomic E-state index is 13.9. The van der Waals surface area contributed by atoms with Gasteiger partial charge in [-0.1, -0.05) is 51.1 Å². The molecule has 3 aromatic rings. The lowest BCUT2D eigenvalue weighted by Gasteiger charge is -2.30. The summed E-state index contributed by atoms with van der Waals surface area (Å²) in [7, 11) is -1.30. The van der Waals surface area contributed by atoms with Crippen molar-refractivity contribution in [1.29, 1.82) is 0 Å². The van der Waals surface area contributed by atoms with E-state index in [9.17, 15) is 33.0 Å². The summed E-state index contributed by atoms with van der Waals surface area (Å²) in [5, 5.41) is 25.8. The molecule has 49 heavy (non-hydrogen) atoms. The van der Waals surface area contributed by atoms with Gasteiger partial charge in [-0.25, -0.2) is 17.7 Å². The summed E-state index contributed by atoms with van der Waals surface area (Å²) in [6.45, 7) is 7.11. The highest BCUT2D eigenvalue weighted by Crippen LogP contribution is 2.21. The molecule has 0 aliphatic carbocycles. The summed E-state index contributed by atoms with van der Waals surface area (Å²) in [6, 6.07) is 17.9. The fraction of sp³-hybridized carbons (Fsp3) is 0.417. The molecule has 0 heterocycles. The predicted molar refractivity (Wildman–Crippen MR) is 189 cm³/mol. The summed E-state index contributed by atoms with van der Waals surface area (Å²) < 4.78 is 27.5. The average molecular weight is 696 g/mol. The molecule has 0 saturated carbocycles. The quantitative estimate of drug-likeness (QED) is 0.147. The minimum atomic E-state index is -4.03. The maximum absolute atomic E-state index is 13.9. The van der Waals surface area contributed by atoms with Crippen molar-refractivity contribution in [3.63, 3.8) is 0 Å². The number of phenolic OH excluding ortho intramolecular Hbond substituents is 1. The SMILES string of the molecule is CCCN(CC(O)C(Cc1ccc(O)cc1)NC(=O)c1cc(C(=O)N(CCC)CCC)cc(S(=O)(=O)N(C)C)c1)NC(=O)c1ccccc1. The van der Waals surface area contributed by atoms with Crippen molar-refractivity contribution in [2.75, 3.05) is 40.3 Å². The lowest BCUT2D eigenvalue weighted by molar-refractivity contribution is 0.0451. The minimum Gasteiger partial charge on any atom is -0.508 e. The number of benzene rings is 3. The lowest BCUT2D eigenvalue weighted by Crippen LogP contribution is -2.53. The summed E-state index contributed by atoms with van der Waals surface area (Å²) >= 11 is 0. The Bertz CT molecular complexity index is 1640. The first kappa shape index (κ1) is 39.1. The monoisotopic (exact) mass is 695 g/mol. The van der Waals surface area contributed by atoms with Crippen molar-refractivity contribution in [3.8, 4) is 5.75 Å². The predicted octanol–water partition coefficient (Wildman–Crippen LogP) is 3.66. The van der Waals surface area contributed by atoms with Crippen LogP contribution >= 0.6 is 0 Å². The molecule has 0 radical (unpaired) electrons. The summed E-state index contributed by atoms with van der Waals surface area (Å²) in [5.74, 6) is -1.38. The molecule has 3 rings (SSSR count). The first-order chi connectivity index (χ1) is 23.3. The Morgan fingerprint density at radius 3 is 1.94 bits per heavy atom. The zero-order valence-electron chi connectivity index (χ0n) is 28.9. The van der Waals surface area contributed by atoms with E-state index in [1.54, 1.807) is 52.4 Å². The van der Waals surface area contributed by atoms with Crippen molar-refractivity contribution in [2.45, 2.75) is 63.5 Å². The Hall–Kier alpha value is -4.30. The standard InChI is InChI=1S/C36H49N5O7S/c1-6-18-40(19-7-2)36(46)29-22-28(23-31(24-29)49(47,48)39(4)5)34(44)37-32(21-26-14-16-30(42)17-15-26)33(43)25-41(20-8-3)38-35(45)27-12-10-9-11-13-27/h9-17,22-24,32-33,42-43H,6-8,18-21,25H2,1-5H3,(H,37,44)(H,38,45). The second-order valence-electron chi connectivity index (χ2n) is 12.1. The molecule has 0 spiro atoms. The van der Waals surface area contributed by atoms with Gasteiger partial charge in [0.1, 0.15) is 5.75 Å². The second-order valence-corrected chi connectivity index (χ2v) is 14.2. The number of nitrogens with one attached hydrogen (secondary N) is 2. The van der Waals surface area contributed by atoms with Crippen LogP contribution in [0.25, 0.3) is 0 Å². The number of carbonyl (C=O) groups excluding carboxylic acids is 3. The molecule has 2 unspecified atom stereocenters. The Balaban J connectivity index is 1.99. The number of aliphatic hydroxyl groups excluding tert-OH is 1. The number of hydrogen-bond acceptors (Lipinski definition) is 8. The van der Waals surface area contributed by atoms with Crippen LogP contribution in [0, 0.1) is 0 Å². The Kier molecular flexibility index (Phi) is 14.7. The number of nitrogens with zero attached hydrogens (tertiary/aromatic N) is 3. The number of rotatable bonds is 18. The van der Waals surface area contributed by atoms with E-state index >= 15 is 0 Å². The van der Waals surface area contributed by atoms with Gasteiger partial charge >= 0.3 is 0 Å². The first-order valence-electron chi connectivity index (χ1n) is 16.5. The largest absolute Gasteiger partial charge is 0.508 e. The van der Waals surface area contributed by atoms with Crippen molar-refractivity contribution >= 4 is 27.7 Å². The smallest absolute Gasteiger partial charge is 0.265 e. The molecule has 13 heteroatoms. The van der Waals surface area contributed by atoms with Gasteiger partial charge in [0.05, 0.1) is 17.0 Å². The molecule has 0 aliphatic heterocycles. The van der Waals surface area contributed by atoms with Gasteiger partial charge in [0.2, 0.25) is 10.0 Å². The second kappa shape index (κ2) is 18.5. The highest BCUT2D eigenvalue weighted by molar-refractivity contribution is 7.89. The molecule has 0 saturated heterocycles. The Morgan fingerprint density at radius 2 is 1.37 bits per heavy atom. The van der Waals surface area contributed by atoms with E-state index in [4.69, 9.17) is 0 Å². The van der Waals surface area contributed by atoms with E-state index in [1.807, 2.05) is 20.8 Å². The highest BCUT2D eigenvalue weighted by Gasteiger charge is 2.28.